The molecule has 0 saturated carbocycles. The van der Waals surface area contributed by atoms with Gasteiger partial charge in [-0.3, -0.25) is 28.8 Å². The Morgan fingerprint density at radius 1 is 0.556 bits per heavy atom. The van der Waals surface area contributed by atoms with E-state index in [1.807, 2.05) is 0 Å². The molecule has 0 saturated heterocycles. The van der Waals surface area contributed by atoms with Crippen LogP contribution in [0.25, 0.3) is 0 Å². The van der Waals surface area contributed by atoms with Crippen molar-refractivity contribution in [1.29, 1.82) is 0 Å². The van der Waals surface area contributed by atoms with Gasteiger partial charge in [-0.2, -0.15) is 0 Å². The molecule has 0 heterocycles. The maximum Gasteiger partial charge on any atom is 0.239 e. The van der Waals surface area contributed by atoms with Crippen LogP contribution in [-0.4, -0.2) is 121 Å². The SMILES string of the molecule is CC(=O)CCOCCOCCOCCOCCNC(=O)CNC(=O)CNC(=O)CNC(=O)CNC=O. The molecule has 0 aliphatic carbocycles. The van der Waals surface area contributed by atoms with Gasteiger partial charge in [0.1, 0.15) is 5.78 Å². The van der Waals surface area contributed by atoms with Crippen LogP contribution in [0.3, 0.4) is 0 Å². The number of carbonyl (C=O) groups is 6. The number of nitrogens with one attached hydrogen (secondary N) is 5. The van der Waals surface area contributed by atoms with Gasteiger partial charge in [-0.1, -0.05) is 0 Å². The summed E-state index contributed by atoms with van der Waals surface area (Å²) in [6.45, 7) is 3.55. The van der Waals surface area contributed by atoms with Gasteiger partial charge in [0.15, 0.2) is 0 Å². The molecule has 0 aromatic heterocycles. The normalized spacial score (nSPS) is 10.2. The Bertz CT molecular complexity index is 677. The fourth-order valence-corrected chi connectivity index (χ4v) is 2.16. The third kappa shape index (κ3) is 24.0. The van der Waals surface area contributed by atoms with E-state index in [0.717, 1.165) is 0 Å². The lowest BCUT2D eigenvalue weighted by Crippen LogP contribution is -2.45. The molecular weight excluding hydrogens is 482 g/mol. The van der Waals surface area contributed by atoms with Crippen molar-refractivity contribution < 1.29 is 47.7 Å². The van der Waals surface area contributed by atoms with Gasteiger partial charge in [-0.05, 0) is 6.92 Å². The minimum Gasteiger partial charge on any atom is -0.379 e. The Morgan fingerprint density at radius 2 is 0.944 bits per heavy atom. The molecule has 5 N–H and O–H groups in total. The first-order chi connectivity index (χ1) is 17.3. The van der Waals surface area contributed by atoms with Crippen LogP contribution in [0.1, 0.15) is 13.3 Å². The smallest absolute Gasteiger partial charge is 0.239 e. The number of ketones is 1. The highest BCUT2D eigenvalue weighted by Gasteiger charge is 2.09. The molecule has 0 aliphatic heterocycles. The lowest BCUT2D eigenvalue weighted by atomic mass is 10.3. The van der Waals surface area contributed by atoms with Crippen molar-refractivity contribution in [2.24, 2.45) is 0 Å². The Balaban J connectivity index is 3.46. The number of amides is 5. The summed E-state index contributed by atoms with van der Waals surface area (Å²) in [5, 5.41) is 11.6. The molecule has 36 heavy (non-hydrogen) atoms. The van der Waals surface area contributed by atoms with E-state index >= 15 is 0 Å². The first-order valence-corrected chi connectivity index (χ1v) is 11.4. The lowest BCUT2D eigenvalue weighted by Gasteiger charge is -2.09. The topological polar surface area (TPSA) is 199 Å². The summed E-state index contributed by atoms with van der Waals surface area (Å²) in [6, 6.07) is 0. The van der Waals surface area contributed by atoms with Gasteiger partial charge in [0.05, 0.1) is 79.0 Å². The van der Waals surface area contributed by atoms with Gasteiger partial charge >= 0.3 is 0 Å². The average Bonchev–Trinajstić information content (AvgIpc) is 2.85. The number of rotatable bonds is 24. The van der Waals surface area contributed by atoms with Crippen molar-refractivity contribution >= 4 is 35.8 Å². The second-order valence-electron chi connectivity index (χ2n) is 7.08. The molecule has 0 unspecified atom stereocenters. The van der Waals surface area contributed by atoms with Crippen molar-refractivity contribution in [3.8, 4) is 0 Å². The average molecular weight is 520 g/mol. The summed E-state index contributed by atoms with van der Waals surface area (Å²) in [7, 11) is 0. The molecule has 5 amide bonds. The number of ether oxygens (including phenoxy) is 4. The molecule has 15 heteroatoms. The number of carbonyl (C=O) groups excluding carboxylic acids is 6. The van der Waals surface area contributed by atoms with E-state index in [9.17, 15) is 28.8 Å². The Kier molecular flexibility index (Phi) is 21.5. The highest BCUT2D eigenvalue weighted by Crippen LogP contribution is 1.86. The van der Waals surface area contributed by atoms with Crippen LogP contribution in [0.2, 0.25) is 0 Å². The van der Waals surface area contributed by atoms with Crippen LogP contribution in [-0.2, 0) is 47.7 Å². The van der Waals surface area contributed by atoms with E-state index in [2.05, 4.69) is 26.6 Å². The van der Waals surface area contributed by atoms with Crippen LogP contribution in [0.4, 0.5) is 0 Å². The largest absolute Gasteiger partial charge is 0.379 e. The summed E-state index contributed by atoms with van der Waals surface area (Å²) in [4.78, 5) is 66.9. The maximum atomic E-state index is 11.7. The van der Waals surface area contributed by atoms with Gasteiger partial charge in [0, 0.05) is 13.0 Å². The standard InChI is InChI=1S/C21H37N5O10/c1-17(28)2-4-33-6-8-35-10-11-36-9-7-34-5-3-23-19(30)13-25-21(32)15-26-20(31)14-24-18(29)12-22-16-27/h16H,2-15H2,1H3,(H,22,27)(H,23,30)(H,24,29)(H,25,32)(H,26,31). The van der Waals surface area contributed by atoms with Crippen LogP contribution in [0, 0.1) is 0 Å². The van der Waals surface area contributed by atoms with Crippen molar-refractivity contribution in [2.45, 2.75) is 13.3 Å². The number of Topliss-reactive ketones (excluding diaryl/α,β-unsaturated/α-hetero) is 1. The Morgan fingerprint density at radius 3 is 1.39 bits per heavy atom. The maximum absolute atomic E-state index is 11.7. The van der Waals surface area contributed by atoms with E-state index in [1.54, 1.807) is 0 Å². The molecule has 0 radical (unpaired) electrons. The predicted molar refractivity (Wildman–Crippen MR) is 125 cm³/mol. The van der Waals surface area contributed by atoms with Crippen molar-refractivity contribution in [2.75, 3.05) is 85.6 Å². The Hall–Kier alpha value is -3.14. The first kappa shape index (κ1) is 32.9. The van der Waals surface area contributed by atoms with E-state index in [0.29, 0.717) is 59.1 Å². The zero-order valence-electron chi connectivity index (χ0n) is 20.6. The molecule has 0 atom stereocenters. The van der Waals surface area contributed by atoms with E-state index < -0.39 is 23.6 Å². The summed E-state index contributed by atoms with van der Waals surface area (Å²) in [5.41, 5.74) is 0. The molecule has 0 aromatic carbocycles. The Labute approximate surface area is 209 Å². The van der Waals surface area contributed by atoms with Crippen molar-refractivity contribution in [1.82, 2.24) is 26.6 Å². The minimum atomic E-state index is -0.602. The fourth-order valence-electron chi connectivity index (χ4n) is 2.16. The molecular formula is C21H37N5O10. The monoisotopic (exact) mass is 519 g/mol. The molecule has 15 nitrogen and oxygen atoms in total. The molecule has 0 aromatic rings. The predicted octanol–water partition coefficient (Wildman–Crippen LogP) is -3.76. The van der Waals surface area contributed by atoms with Gasteiger partial charge in [-0.15, -0.1) is 0 Å². The quantitative estimate of drug-likeness (QED) is 0.0623. The summed E-state index contributed by atoms with van der Waals surface area (Å²) in [6.07, 6.45) is 0.753. The summed E-state index contributed by atoms with van der Waals surface area (Å²) < 4.78 is 21.2. The number of hydrogen-bond donors (Lipinski definition) is 5. The van der Waals surface area contributed by atoms with Crippen molar-refractivity contribution in [3.63, 3.8) is 0 Å². The second-order valence-corrected chi connectivity index (χ2v) is 7.08. The summed E-state index contributed by atoms with van der Waals surface area (Å²) >= 11 is 0. The molecule has 0 rings (SSSR count). The zero-order chi connectivity index (χ0) is 26.9. The van der Waals surface area contributed by atoms with E-state index in [4.69, 9.17) is 18.9 Å². The molecule has 0 bridgehead atoms. The highest BCUT2D eigenvalue weighted by molar-refractivity contribution is 5.90. The van der Waals surface area contributed by atoms with Gasteiger partial charge in [0.2, 0.25) is 30.0 Å². The van der Waals surface area contributed by atoms with Gasteiger partial charge < -0.3 is 45.5 Å². The van der Waals surface area contributed by atoms with E-state index in [-0.39, 0.29) is 45.1 Å². The van der Waals surface area contributed by atoms with Crippen LogP contribution in [0.15, 0.2) is 0 Å². The van der Waals surface area contributed by atoms with Crippen LogP contribution in [0.5, 0.6) is 0 Å². The van der Waals surface area contributed by atoms with Gasteiger partial charge in [-0.25, -0.2) is 0 Å². The molecule has 206 valence electrons. The second kappa shape index (κ2) is 23.6. The lowest BCUT2D eigenvalue weighted by molar-refractivity contribution is -0.128. The minimum absolute atomic E-state index is 0.0894. The first-order valence-electron chi connectivity index (χ1n) is 11.4. The van der Waals surface area contributed by atoms with Crippen LogP contribution >= 0.6 is 0 Å². The van der Waals surface area contributed by atoms with Gasteiger partial charge in [0.25, 0.3) is 0 Å². The third-order valence-electron chi connectivity index (χ3n) is 3.97. The number of hydrogen-bond acceptors (Lipinski definition) is 10. The third-order valence-corrected chi connectivity index (χ3v) is 3.97. The highest BCUT2D eigenvalue weighted by atomic mass is 16.6. The molecule has 0 aliphatic rings. The fraction of sp³-hybridized carbons (Fsp3) is 0.714. The zero-order valence-corrected chi connectivity index (χ0v) is 20.6. The molecule has 0 fully saturated rings. The van der Waals surface area contributed by atoms with E-state index in [1.165, 1.54) is 6.92 Å². The molecule has 0 spiro atoms. The summed E-state index contributed by atoms with van der Waals surface area (Å²) in [5.74, 6) is -2.07. The van der Waals surface area contributed by atoms with Crippen LogP contribution < -0.4 is 26.6 Å². The van der Waals surface area contributed by atoms with Crippen molar-refractivity contribution in [3.05, 3.63) is 0 Å².